The number of rotatable bonds is 5. The Morgan fingerprint density at radius 3 is 2.81 bits per heavy atom. The Balaban J connectivity index is 1.63. The summed E-state index contributed by atoms with van der Waals surface area (Å²) in [6.45, 7) is 3.25. The third-order valence-corrected chi connectivity index (χ3v) is 5.66. The molecule has 0 bridgehead atoms. The van der Waals surface area contributed by atoms with Crippen LogP contribution in [0.25, 0.3) is 16.2 Å². The molecule has 4 rings (SSSR count). The third-order valence-electron chi connectivity index (χ3n) is 4.77. The fourth-order valence-corrected chi connectivity index (χ4v) is 4.15. The average Bonchev–Trinajstić information content (AvgIpc) is 3.30. The number of nitrogens with zero attached hydrogens (tertiary/aromatic N) is 3. The molecule has 1 amide bonds. The predicted octanol–water partition coefficient (Wildman–Crippen LogP) is 2.05. The molecule has 8 heteroatoms. The Morgan fingerprint density at radius 2 is 2.07 bits per heavy atom. The smallest absolute Gasteiger partial charge is 0.228 e. The summed E-state index contributed by atoms with van der Waals surface area (Å²) in [5.41, 5.74) is 2.62. The Morgan fingerprint density at radius 1 is 1.26 bits per heavy atom. The van der Waals surface area contributed by atoms with E-state index in [1.165, 1.54) is 11.3 Å². The molecule has 1 aliphatic heterocycles. The molecule has 7 nitrogen and oxygen atoms in total. The highest BCUT2D eigenvalue weighted by atomic mass is 32.1. The number of hydrogen-bond acceptors (Lipinski definition) is 6. The number of imidazole rings is 1. The van der Waals surface area contributed by atoms with E-state index in [9.17, 15) is 4.79 Å². The van der Waals surface area contributed by atoms with Gasteiger partial charge < -0.3 is 19.7 Å². The molecule has 0 atom stereocenters. The first kappa shape index (κ1) is 17.8. The first-order chi connectivity index (χ1) is 13.2. The molecule has 0 saturated carbocycles. The van der Waals surface area contributed by atoms with E-state index in [1.807, 2.05) is 39.1 Å². The van der Waals surface area contributed by atoms with Crippen molar-refractivity contribution in [2.75, 3.05) is 40.4 Å². The minimum atomic E-state index is 0.158. The van der Waals surface area contributed by atoms with Crippen LogP contribution in [0.15, 0.2) is 29.8 Å². The van der Waals surface area contributed by atoms with Crippen LogP contribution in [0.4, 0.5) is 0 Å². The van der Waals surface area contributed by atoms with Crippen LogP contribution in [-0.4, -0.2) is 60.6 Å². The Labute approximate surface area is 161 Å². The number of thiazole rings is 1. The molecular weight excluding hydrogens is 364 g/mol. The van der Waals surface area contributed by atoms with Crippen LogP contribution in [0.1, 0.15) is 5.69 Å². The highest BCUT2D eigenvalue weighted by Crippen LogP contribution is 2.34. The first-order valence-corrected chi connectivity index (χ1v) is 9.74. The summed E-state index contributed by atoms with van der Waals surface area (Å²) in [6, 6.07) is 5.64. The van der Waals surface area contributed by atoms with Gasteiger partial charge in [0.25, 0.3) is 0 Å². The van der Waals surface area contributed by atoms with Crippen LogP contribution >= 0.6 is 11.3 Å². The summed E-state index contributed by atoms with van der Waals surface area (Å²) in [4.78, 5) is 20.1. The molecule has 3 aromatic rings. The lowest BCUT2D eigenvalue weighted by molar-refractivity contribution is -0.131. The van der Waals surface area contributed by atoms with Gasteiger partial charge >= 0.3 is 0 Å². The normalized spacial score (nSPS) is 14.5. The summed E-state index contributed by atoms with van der Waals surface area (Å²) in [6.07, 6.45) is 2.34. The summed E-state index contributed by atoms with van der Waals surface area (Å²) >= 11 is 1.54. The summed E-state index contributed by atoms with van der Waals surface area (Å²) < 4.78 is 12.8. The van der Waals surface area contributed by atoms with Crippen molar-refractivity contribution in [2.24, 2.45) is 0 Å². The number of amides is 1. The van der Waals surface area contributed by atoms with E-state index in [2.05, 4.69) is 5.32 Å². The zero-order chi connectivity index (χ0) is 18.8. The number of methoxy groups -OCH3 is 2. The van der Waals surface area contributed by atoms with Gasteiger partial charge in [-0.05, 0) is 18.2 Å². The number of benzene rings is 1. The zero-order valence-corrected chi connectivity index (χ0v) is 16.2. The largest absolute Gasteiger partial charge is 0.497 e. The van der Waals surface area contributed by atoms with Gasteiger partial charge in [-0.15, -0.1) is 11.3 Å². The number of nitrogens with one attached hydrogen (secondary N) is 1. The van der Waals surface area contributed by atoms with Gasteiger partial charge in [-0.1, -0.05) is 0 Å². The van der Waals surface area contributed by atoms with Crippen molar-refractivity contribution in [2.45, 2.75) is 6.42 Å². The monoisotopic (exact) mass is 386 g/mol. The SMILES string of the molecule is COc1ccc(OC)c(-c2cn3c(CC(=O)N4CCNCC4)csc3n2)c1. The predicted molar refractivity (Wildman–Crippen MR) is 105 cm³/mol. The van der Waals surface area contributed by atoms with Crippen LogP contribution in [0.5, 0.6) is 11.5 Å². The zero-order valence-electron chi connectivity index (χ0n) is 15.4. The van der Waals surface area contributed by atoms with Gasteiger partial charge in [0.05, 0.1) is 26.3 Å². The van der Waals surface area contributed by atoms with E-state index in [0.29, 0.717) is 6.42 Å². The van der Waals surface area contributed by atoms with Gasteiger partial charge in [-0.2, -0.15) is 0 Å². The quantitative estimate of drug-likeness (QED) is 0.727. The van der Waals surface area contributed by atoms with Crippen molar-refractivity contribution in [1.82, 2.24) is 19.6 Å². The van der Waals surface area contributed by atoms with E-state index in [-0.39, 0.29) is 5.91 Å². The lowest BCUT2D eigenvalue weighted by Crippen LogP contribution is -2.47. The first-order valence-electron chi connectivity index (χ1n) is 8.86. The molecule has 0 spiro atoms. The van der Waals surface area contributed by atoms with Crippen molar-refractivity contribution in [3.05, 3.63) is 35.5 Å². The average molecular weight is 386 g/mol. The van der Waals surface area contributed by atoms with Crippen molar-refractivity contribution < 1.29 is 14.3 Å². The maximum absolute atomic E-state index is 12.6. The molecule has 0 unspecified atom stereocenters. The third kappa shape index (κ3) is 3.50. The molecule has 2 aromatic heterocycles. The summed E-state index contributed by atoms with van der Waals surface area (Å²) in [7, 11) is 3.28. The van der Waals surface area contributed by atoms with Crippen LogP contribution in [0, 0.1) is 0 Å². The lowest BCUT2D eigenvalue weighted by atomic mass is 10.1. The molecule has 1 aliphatic rings. The van der Waals surface area contributed by atoms with Crippen molar-refractivity contribution >= 4 is 22.2 Å². The Hall–Kier alpha value is -2.58. The van der Waals surface area contributed by atoms with Crippen molar-refractivity contribution in [1.29, 1.82) is 0 Å². The van der Waals surface area contributed by atoms with Crippen molar-refractivity contribution in [3.8, 4) is 22.8 Å². The minimum absolute atomic E-state index is 0.158. The highest BCUT2D eigenvalue weighted by Gasteiger charge is 2.19. The number of piperazine rings is 1. The summed E-state index contributed by atoms with van der Waals surface area (Å²) in [5, 5.41) is 5.28. The molecule has 0 radical (unpaired) electrons. The fourth-order valence-electron chi connectivity index (χ4n) is 3.28. The van der Waals surface area contributed by atoms with Gasteiger partial charge in [-0.25, -0.2) is 4.98 Å². The summed E-state index contributed by atoms with van der Waals surface area (Å²) in [5.74, 6) is 1.64. The lowest BCUT2D eigenvalue weighted by Gasteiger charge is -2.27. The number of fused-ring (bicyclic) bond motifs is 1. The van der Waals surface area contributed by atoms with E-state index in [0.717, 1.165) is 59.6 Å². The molecule has 142 valence electrons. The Kier molecular flexibility index (Phi) is 5.00. The maximum atomic E-state index is 12.6. The molecule has 1 aromatic carbocycles. The number of carbonyl (C=O) groups is 1. The number of aromatic nitrogens is 2. The van der Waals surface area contributed by atoms with Gasteiger partial charge in [0.1, 0.15) is 11.5 Å². The molecule has 1 saturated heterocycles. The molecule has 1 fully saturated rings. The topological polar surface area (TPSA) is 68.1 Å². The molecule has 3 heterocycles. The molecule has 0 aliphatic carbocycles. The van der Waals surface area contributed by atoms with E-state index in [1.54, 1.807) is 14.2 Å². The molecule has 1 N–H and O–H groups in total. The highest BCUT2D eigenvalue weighted by molar-refractivity contribution is 7.15. The second kappa shape index (κ2) is 7.58. The second-order valence-corrected chi connectivity index (χ2v) is 7.22. The van der Waals surface area contributed by atoms with Crippen LogP contribution in [0.2, 0.25) is 0 Å². The van der Waals surface area contributed by atoms with Gasteiger partial charge in [0.2, 0.25) is 5.91 Å². The minimum Gasteiger partial charge on any atom is -0.497 e. The van der Waals surface area contributed by atoms with E-state index >= 15 is 0 Å². The van der Waals surface area contributed by atoms with Gasteiger partial charge in [0, 0.05) is 49.0 Å². The maximum Gasteiger partial charge on any atom is 0.228 e. The number of carbonyl (C=O) groups excluding carboxylic acids is 1. The molecular formula is C19H22N4O3S. The second-order valence-electron chi connectivity index (χ2n) is 6.38. The molecule has 27 heavy (non-hydrogen) atoms. The van der Waals surface area contributed by atoms with Crippen LogP contribution in [-0.2, 0) is 11.2 Å². The standard InChI is InChI=1S/C19H22N4O3S/c1-25-14-3-4-17(26-2)15(10-14)16-11-23-13(12-27-19(23)21-16)9-18(24)22-7-5-20-6-8-22/h3-4,10-12,20H,5-9H2,1-2H3. The van der Waals surface area contributed by atoms with Crippen LogP contribution in [0.3, 0.4) is 0 Å². The Bertz CT molecular complexity index is 959. The van der Waals surface area contributed by atoms with Crippen molar-refractivity contribution in [3.63, 3.8) is 0 Å². The van der Waals surface area contributed by atoms with E-state index in [4.69, 9.17) is 14.5 Å². The van der Waals surface area contributed by atoms with Crippen LogP contribution < -0.4 is 14.8 Å². The fraction of sp³-hybridized carbons (Fsp3) is 0.368. The van der Waals surface area contributed by atoms with Gasteiger partial charge in [0.15, 0.2) is 4.96 Å². The van der Waals surface area contributed by atoms with Gasteiger partial charge in [-0.3, -0.25) is 9.20 Å². The van der Waals surface area contributed by atoms with E-state index < -0.39 is 0 Å². The number of ether oxygens (including phenoxy) is 2. The number of hydrogen-bond donors (Lipinski definition) is 1.